The van der Waals surface area contributed by atoms with Crippen LogP contribution in [0, 0.1) is 5.82 Å². The number of halogens is 1. The first-order valence-electron chi connectivity index (χ1n) is 10.3. The number of rotatable bonds is 6. The topological polar surface area (TPSA) is 82.5 Å². The molecule has 32 heavy (non-hydrogen) atoms. The van der Waals surface area contributed by atoms with Gasteiger partial charge in [-0.25, -0.2) is 4.39 Å². The van der Waals surface area contributed by atoms with Crippen molar-refractivity contribution in [3.05, 3.63) is 65.1 Å². The maximum atomic E-state index is 14.4. The summed E-state index contributed by atoms with van der Waals surface area (Å²) in [6.07, 6.45) is 2.50. The SMILES string of the molecule is CCC(=O)c1ccc(Oc2cc(C(=O)Nc3ccn(C)n3)cc3c2CC(C)(C)O3)cc1F. The van der Waals surface area contributed by atoms with Crippen molar-refractivity contribution in [3.8, 4) is 17.2 Å². The van der Waals surface area contributed by atoms with E-state index in [1.54, 1.807) is 49.1 Å². The lowest BCUT2D eigenvalue weighted by Crippen LogP contribution is -2.24. The van der Waals surface area contributed by atoms with Gasteiger partial charge in [0.1, 0.15) is 28.7 Å². The highest BCUT2D eigenvalue weighted by Gasteiger charge is 2.34. The number of carbonyl (C=O) groups is 2. The molecular formula is C24H24FN3O4. The van der Waals surface area contributed by atoms with E-state index < -0.39 is 11.4 Å². The van der Waals surface area contributed by atoms with E-state index in [9.17, 15) is 14.0 Å². The van der Waals surface area contributed by atoms with Gasteiger partial charge in [0.2, 0.25) is 0 Å². The van der Waals surface area contributed by atoms with Crippen molar-refractivity contribution >= 4 is 17.5 Å². The monoisotopic (exact) mass is 437 g/mol. The lowest BCUT2D eigenvalue weighted by atomic mass is 9.99. The highest BCUT2D eigenvalue weighted by atomic mass is 19.1. The zero-order valence-electron chi connectivity index (χ0n) is 18.4. The molecule has 1 aromatic heterocycles. The lowest BCUT2D eigenvalue weighted by Gasteiger charge is -2.16. The Morgan fingerprint density at radius 1 is 1.25 bits per heavy atom. The number of benzene rings is 2. The average Bonchev–Trinajstić information content (AvgIpc) is 3.28. The second kappa shape index (κ2) is 8.11. The molecule has 0 saturated carbocycles. The van der Waals surface area contributed by atoms with Gasteiger partial charge in [-0.15, -0.1) is 0 Å². The molecule has 4 rings (SSSR count). The molecule has 2 heterocycles. The van der Waals surface area contributed by atoms with Gasteiger partial charge in [-0.2, -0.15) is 5.10 Å². The van der Waals surface area contributed by atoms with E-state index in [1.807, 2.05) is 13.8 Å². The summed E-state index contributed by atoms with van der Waals surface area (Å²) >= 11 is 0. The van der Waals surface area contributed by atoms with Crippen molar-refractivity contribution in [1.29, 1.82) is 0 Å². The summed E-state index contributed by atoms with van der Waals surface area (Å²) in [5, 5.41) is 6.89. The number of carbonyl (C=O) groups excluding carboxylic acids is 2. The van der Waals surface area contributed by atoms with Crippen LogP contribution in [-0.2, 0) is 13.5 Å². The van der Waals surface area contributed by atoms with Crippen LogP contribution < -0.4 is 14.8 Å². The third-order valence-electron chi connectivity index (χ3n) is 5.16. The van der Waals surface area contributed by atoms with Crippen LogP contribution in [0.2, 0.25) is 0 Å². The van der Waals surface area contributed by atoms with Gasteiger partial charge in [0, 0.05) is 49.3 Å². The first-order chi connectivity index (χ1) is 15.1. The predicted octanol–water partition coefficient (Wildman–Crippen LogP) is 4.91. The van der Waals surface area contributed by atoms with Gasteiger partial charge >= 0.3 is 0 Å². The van der Waals surface area contributed by atoms with Gasteiger partial charge in [0.25, 0.3) is 5.91 Å². The molecule has 1 aliphatic rings. The van der Waals surface area contributed by atoms with E-state index in [0.717, 1.165) is 5.56 Å². The zero-order valence-corrected chi connectivity index (χ0v) is 18.4. The van der Waals surface area contributed by atoms with Crippen LogP contribution in [-0.4, -0.2) is 27.1 Å². The number of Topliss-reactive ketones (excluding diaryl/α,β-unsaturated/α-hetero) is 1. The van der Waals surface area contributed by atoms with E-state index in [4.69, 9.17) is 9.47 Å². The van der Waals surface area contributed by atoms with Gasteiger partial charge in [0.05, 0.1) is 5.56 Å². The summed E-state index contributed by atoms with van der Waals surface area (Å²) in [7, 11) is 1.76. The van der Waals surface area contributed by atoms with Crippen LogP contribution in [0.15, 0.2) is 42.6 Å². The number of ether oxygens (including phenoxy) is 2. The molecule has 0 atom stereocenters. The number of hydrogen-bond donors (Lipinski definition) is 1. The Labute approximate surface area is 185 Å². The standard InChI is InChI=1S/C24H24FN3O4/c1-5-19(29)16-7-6-15(12-18(16)25)31-20-10-14(11-21-17(20)13-24(2,3)32-21)23(30)26-22-8-9-28(4)27-22/h6-12H,5,13H2,1-4H3,(H,26,27,30). The fraction of sp³-hybridized carbons (Fsp3) is 0.292. The minimum Gasteiger partial charge on any atom is -0.487 e. The molecule has 0 bridgehead atoms. The number of nitrogens with zero attached hydrogens (tertiary/aromatic N) is 2. The molecule has 0 unspecified atom stereocenters. The molecule has 2 aromatic carbocycles. The Kier molecular flexibility index (Phi) is 5.46. The molecule has 0 saturated heterocycles. The van der Waals surface area contributed by atoms with E-state index in [-0.39, 0.29) is 29.4 Å². The lowest BCUT2D eigenvalue weighted by molar-refractivity contribution is 0.0982. The number of ketones is 1. The normalized spacial score (nSPS) is 13.9. The van der Waals surface area contributed by atoms with E-state index >= 15 is 0 Å². The van der Waals surface area contributed by atoms with Crippen LogP contribution in [0.4, 0.5) is 10.2 Å². The maximum absolute atomic E-state index is 14.4. The summed E-state index contributed by atoms with van der Waals surface area (Å²) in [6.45, 7) is 5.56. The molecule has 8 heteroatoms. The molecule has 1 N–H and O–H groups in total. The first kappa shape index (κ1) is 21.5. The minimum absolute atomic E-state index is 0.0260. The maximum Gasteiger partial charge on any atom is 0.257 e. The van der Waals surface area contributed by atoms with Crippen molar-refractivity contribution in [2.45, 2.75) is 39.2 Å². The van der Waals surface area contributed by atoms with Gasteiger partial charge < -0.3 is 14.8 Å². The average molecular weight is 437 g/mol. The third kappa shape index (κ3) is 4.34. The van der Waals surface area contributed by atoms with Crippen molar-refractivity contribution in [2.24, 2.45) is 7.05 Å². The number of hydrogen-bond acceptors (Lipinski definition) is 5. The predicted molar refractivity (Wildman–Crippen MR) is 117 cm³/mol. The molecule has 3 aromatic rings. The Balaban J connectivity index is 1.67. The summed E-state index contributed by atoms with van der Waals surface area (Å²) in [6, 6.07) is 9.08. The minimum atomic E-state index is -0.647. The van der Waals surface area contributed by atoms with Crippen LogP contribution in [0.1, 0.15) is 53.5 Å². The van der Waals surface area contributed by atoms with E-state index in [2.05, 4.69) is 10.4 Å². The van der Waals surface area contributed by atoms with Crippen LogP contribution in [0.3, 0.4) is 0 Å². The molecule has 0 spiro atoms. The number of anilines is 1. The fourth-order valence-corrected chi connectivity index (χ4v) is 3.64. The second-order valence-corrected chi connectivity index (χ2v) is 8.34. The molecular weight excluding hydrogens is 413 g/mol. The Morgan fingerprint density at radius 3 is 2.69 bits per heavy atom. The van der Waals surface area contributed by atoms with Crippen molar-refractivity contribution < 1.29 is 23.5 Å². The number of fused-ring (bicyclic) bond motifs is 1. The van der Waals surface area contributed by atoms with Gasteiger partial charge in [-0.3, -0.25) is 14.3 Å². The fourth-order valence-electron chi connectivity index (χ4n) is 3.64. The molecule has 166 valence electrons. The summed E-state index contributed by atoms with van der Waals surface area (Å²) < 4.78 is 28.0. The second-order valence-electron chi connectivity index (χ2n) is 8.34. The highest BCUT2D eigenvalue weighted by Crippen LogP contribution is 2.43. The smallest absolute Gasteiger partial charge is 0.257 e. The number of amides is 1. The molecule has 0 radical (unpaired) electrons. The molecule has 7 nitrogen and oxygen atoms in total. The number of aromatic nitrogens is 2. The van der Waals surface area contributed by atoms with E-state index in [1.165, 1.54) is 12.1 Å². The Hall–Kier alpha value is -3.68. The third-order valence-corrected chi connectivity index (χ3v) is 5.16. The largest absolute Gasteiger partial charge is 0.487 e. The van der Waals surface area contributed by atoms with Gasteiger partial charge in [0.15, 0.2) is 11.6 Å². The van der Waals surface area contributed by atoms with Crippen molar-refractivity contribution in [2.75, 3.05) is 5.32 Å². The number of aryl methyl sites for hydroxylation is 1. The zero-order chi connectivity index (χ0) is 23.0. The summed E-state index contributed by atoms with van der Waals surface area (Å²) in [4.78, 5) is 24.7. The number of nitrogens with one attached hydrogen (secondary N) is 1. The summed E-state index contributed by atoms with van der Waals surface area (Å²) in [5.41, 5.74) is 0.663. The van der Waals surface area contributed by atoms with Crippen molar-refractivity contribution in [1.82, 2.24) is 9.78 Å². The molecule has 0 fully saturated rings. The van der Waals surface area contributed by atoms with Crippen LogP contribution >= 0.6 is 0 Å². The Bertz CT molecular complexity index is 1220. The Morgan fingerprint density at radius 2 is 2.03 bits per heavy atom. The van der Waals surface area contributed by atoms with Gasteiger partial charge in [-0.05, 0) is 38.1 Å². The van der Waals surface area contributed by atoms with Crippen molar-refractivity contribution in [3.63, 3.8) is 0 Å². The quantitative estimate of drug-likeness (QED) is 0.554. The van der Waals surface area contributed by atoms with Crippen LogP contribution in [0.25, 0.3) is 0 Å². The molecule has 0 aliphatic carbocycles. The first-order valence-corrected chi connectivity index (χ1v) is 10.3. The summed E-state index contributed by atoms with van der Waals surface area (Å²) in [5.74, 6) is 0.277. The van der Waals surface area contributed by atoms with Gasteiger partial charge in [-0.1, -0.05) is 6.92 Å². The molecule has 1 amide bonds. The highest BCUT2D eigenvalue weighted by molar-refractivity contribution is 6.04. The van der Waals surface area contributed by atoms with E-state index in [0.29, 0.717) is 29.3 Å². The van der Waals surface area contributed by atoms with Crippen LogP contribution in [0.5, 0.6) is 17.2 Å². The molecule has 1 aliphatic heterocycles.